The van der Waals surface area contributed by atoms with Gasteiger partial charge in [0.2, 0.25) is 0 Å². The molecule has 0 atom stereocenters. The number of nitrogens with zero attached hydrogens (tertiary/aromatic N) is 2. The van der Waals surface area contributed by atoms with Gasteiger partial charge in [-0.05, 0) is 49.7 Å². The number of ether oxygens (including phenoxy) is 1. The van der Waals surface area contributed by atoms with Crippen LogP contribution >= 0.6 is 27.3 Å². The fourth-order valence-corrected chi connectivity index (χ4v) is 3.99. The first-order chi connectivity index (χ1) is 12.5. The standard InChI is InChI=1S/C19H17BrN2O3S/c1-3-25-16(23)11-22-17-12(2)5-4-6-15(17)26-19(22)21-18(24)13-7-9-14(20)10-8-13/h4-10H,3,11H2,1-2H3. The van der Waals surface area contributed by atoms with E-state index in [1.54, 1.807) is 35.8 Å². The Morgan fingerprint density at radius 2 is 1.92 bits per heavy atom. The number of para-hydroxylation sites is 1. The lowest BCUT2D eigenvalue weighted by atomic mass is 10.2. The molecule has 0 saturated carbocycles. The van der Waals surface area contributed by atoms with Crippen LogP contribution in [0.15, 0.2) is 51.9 Å². The second-order valence-electron chi connectivity index (χ2n) is 5.62. The third kappa shape index (κ3) is 3.94. The molecule has 134 valence electrons. The number of carbonyl (C=O) groups excluding carboxylic acids is 2. The Morgan fingerprint density at radius 3 is 2.62 bits per heavy atom. The van der Waals surface area contributed by atoms with E-state index in [-0.39, 0.29) is 18.4 Å². The zero-order valence-corrected chi connectivity index (χ0v) is 16.8. The summed E-state index contributed by atoms with van der Waals surface area (Å²) in [5.41, 5.74) is 2.40. The molecule has 0 N–H and O–H groups in total. The lowest BCUT2D eigenvalue weighted by Crippen LogP contribution is -2.23. The van der Waals surface area contributed by atoms with Crippen LogP contribution in [-0.4, -0.2) is 23.1 Å². The van der Waals surface area contributed by atoms with Crippen molar-refractivity contribution in [2.75, 3.05) is 6.61 Å². The summed E-state index contributed by atoms with van der Waals surface area (Å²) in [6.07, 6.45) is 0. The quantitative estimate of drug-likeness (QED) is 0.583. The van der Waals surface area contributed by atoms with E-state index in [0.717, 1.165) is 20.3 Å². The average molecular weight is 433 g/mol. The molecule has 0 aliphatic carbocycles. The van der Waals surface area contributed by atoms with Gasteiger partial charge < -0.3 is 9.30 Å². The molecule has 1 aromatic heterocycles. The number of carbonyl (C=O) groups is 2. The molecule has 0 unspecified atom stereocenters. The lowest BCUT2D eigenvalue weighted by molar-refractivity contribution is -0.143. The van der Waals surface area contributed by atoms with E-state index in [1.807, 2.05) is 25.1 Å². The molecule has 3 aromatic rings. The number of aromatic nitrogens is 1. The molecular weight excluding hydrogens is 416 g/mol. The summed E-state index contributed by atoms with van der Waals surface area (Å²) in [7, 11) is 0. The van der Waals surface area contributed by atoms with Crippen LogP contribution in [0, 0.1) is 6.92 Å². The van der Waals surface area contributed by atoms with Crippen molar-refractivity contribution in [1.29, 1.82) is 0 Å². The summed E-state index contributed by atoms with van der Waals surface area (Å²) in [6, 6.07) is 12.9. The van der Waals surface area contributed by atoms with Gasteiger partial charge in [-0.3, -0.25) is 9.59 Å². The largest absolute Gasteiger partial charge is 0.465 e. The van der Waals surface area contributed by atoms with Crippen molar-refractivity contribution in [2.24, 2.45) is 4.99 Å². The number of amides is 1. The average Bonchev–Trinajstić information content (AvgIpc) is 2.94. The highest BCUT2D eigenvalue weighted by molar-refractivity contribution is 9.10. The maximum absolute atomic E-state index is 12.5. The molecule has 0 saturated heterocycles. The predicted molar refractivity (Wildman–Crippen MR) is 105 cm³/mol. The van der Waals surface area contributed by atoms with Crippen LogP contribution in [0.2, 0.25) is 0 Å². The predicted octanol–water partition coefficient (Wildman–Crippen LogP) is 4.08. The van der Waals surface area contributed by atoms with E-state index < -0.39 is 0 Å². The summed E-state index contributed by atoms with van der Waals surface area (Å²) >= 11 is 4.73. The first-order valence-electron chi connectivity index (χ1n) is 8.08. The maximum Gasteiger partial charge on any atom is 0.326 e. The summed E-state index contributed by atoms with van der Waals surface area (Å²) < 4.78 is 8.69. The number of thiazole rings is 1. The number of aryl methyl sites for hydroxylation is 1. The molecule has 1 amide bonds. The summed E-state index contributed by atoms with van der Waals surface area (Å²) in [5.74, 6) is -0.702. The van der Waals surface area contributed by atoms with Crippen LogP contribution in [0.25, 0.3) is 10.2 Å². The van der Waals surface area contributed by atoms with Gasteiger partial charge in [0.25, 0.3) is 5.91 Å². The molecular formula is C19H17BrN2O3S. The Morgan fingerprint density at radius 1 is 1.19 bits per heavy atom. The normalized spacial score (nSPS) is 11.7. The number of hydrogen-bond acceptors (Lipinski definition) is 4. The van der Waals surface area contributed by atoms with Gasteiger partial charge >= 0.3 is 5.97 Å². The Balaban J connectivity index is 2.12. The highest BCUT2D eigenvalue weighted by Gasteiger charge is 2.14. The number of fused-ring (bicyclic) bond motifs is 1. The van der Waals surface area contributed by atoms with Crippen LogP contribution in [0.4, 0.5) is 0 Å². The molecule has 0 spiro atoms. The first-order valence-corrected chi connectivity index (χ1v) is 9.69. The molecule has 0 fully saturated rings. The fraction of sp³-hybridized carbons (Fsp3) is 0.211. The van der Waals surface area contributed by atoms with E-state index in [9.17, 15) is 9.59 Å². The van der Waals surface area contributed by atoms with Gasteiger partial charge in [0.05, 0.1) is 16.8 Å². The van der Waals surface area contributed by atoms with Gasteiger partial charge in [-0.2, -0.15) is 4.99 Å². The van der Waals surface area contributed by atoms with Gasteiger partial charge in [-0.1, -0.05) is 39.4 Å². The molecule has 0 aliphatic heterocycles. The van der Waals surface area contributed by atoms with Gasteiger partial charge in [0.1, 0.15) is 6.54 Å². The zero-order valence-electron chi connectivity index (χ0n) is 14.4. The molecule has 3 rings (SSSR count). The van der Waals surface area contributed by atoms with Gasteiger partial charge in [0, 0.05) is 10.0 Å². The van der Waals surface area contributed by atoms with Crippen LogP contribution in [-0.2, 0) is 16.1 Å². The Bertz CT molecular complexity index is 1040. The van der Waals surface area contributed by atoms with E-state index in [2.05, 4.69) is 20.9 Å². The van der Waals surface area contributed by atoms with E-state index in [0.29, 0.717) is 17.0 Å². The minimum absolute atomic E-state index is 0.0190. The summed E-state index contributed by atoms with van der Waals surface area (Å²) in [4.78, 5) is 29.3. The first kappa shape index (κ1) is 18.5. The monoisotopic (exact) mass is 432 g/mol. The number of hydrogen-bond donors (Lipinski definition) is 0. The second-order valence-corrected chi connectivity index (χ2v) is 7.55. The molecule has 26 heavy (non-hydrogen) atoms. The Kier molecular flexibility index (Phi) is 5.68. The SMILES string of the molecule is CCOC(=O)Cn1c(=NC(=O)c2ccc(Br)cc2)sc2cccc(C)c21. The van der Waals surface area contributed by atoms with Crippen molar-refractivity contribution in [3.05, 3.63) is 62.9 Å². The van der Waals surface area contributed by atoms with Crippen LogP contribution in [0.5, 0.6) is 0 Å². The smallest absolute Gasteiger partial charge is 0.326 e. The minimum atomic E-state index is -0.354. The van der Waals surface area contributed by atoms with Gasteiger partial charge in [-0.25, -0.2) is 0 Å². The van der Waals surface area contributed by atoms with Crippen molar-refractivity contribution < 1.29 is 14.3 Å². The molecule has 0 bridgehead atoms. The molecule has 1 heterocycles. The van der Waals surface area contributed by atoms with E-state index in [1.165, 1.54) is 11.3 Å². The number of halogens is 1. The highest BCUT2D eigenvalue weighted by Crippen LogP contribution is 2.21. The van der Waals surface area contributed by atoms with Crippen LogP contribution < -0.4 is 4.80 Å². The topological polar surface area (TPSA) is 60.7 Å². The third-order valence-electron chi connectivity index (χ3n) is 3.78. The highest BCUT2D eigenvalue weighted by atomic mass is 79.9. The number of benzene rings is 2. The summed E-state index contributed by atoms with van der Waals surface area (Å²) in [5, 5.41) is 0. The second kappa shape index (κ2) is 7.97. The molecule has 0 aliphatic rings. The molecule has 2 aromatic carbocycles. The van der Waals surface area contributed by atoms with Crippen molar-refractivity contribution in [2.45, 2.75) is 20.4 Å². The minimum Gasteiger partial charge on any atom is -0.465 e. The van der Waals surface area contributed by atoms with E-state index in [4.69, 9.17) is 4.74 Å². The van der Waals surface area contributed by atoms with Crippen molar-refractivity contribution >= 4 is 49.4 Å². The Labute approximate surface area is 163 Å². The van der Waals surface area contributed by atoms with E-state index >= 15 is 0 Å². The molecule has 7 heteroatoms. The fourth-order valence-electron chi connectivity index (χ4n) is 2.62. The number of rotatable bonds is 4. The third-order valence-corrected chi connectivity index (χ3v) is 5.36. The maximum atomic E-state index is 12.5. The van der Waals surface area contributed by atoms with Crippen molar-refractivity contribution in [3.8, 4) is 0 Å². The molecule has 0 radical (unpaired) electrons. The van der Waals surface area contributed by atoms with Crippen LogP contribution in [0.3, 0.4) is 0 Å². The zero-order chi connectivity index (χ0) is 18.7. The molecule has 5 nitrogen and oxygen atoms in total. The van der Waals surface area contributed by atoms with Crippen LogP contribution in [0.1, 0.15) is 22.8 Å². The van der Waals surface area contributed by atoms with Gasteiger partial charge in [-0.15, -0.1) is 0 Å². The van der Waals surface area contributed by atoms with Gasteiger partial charge in [0.15, 0.2) is 4.80 Å². The van der Waals surface area contributed by atoms with Crippen molar-refractivity contribution in [3.63, 3.8) is 0 Å². The summed E-state index contributed by atoms with van der Waals surface area (Å²) in [6.45, 7) is 4.06. The van der Waals surface area contributed by atoms with Crippen molar-refractivity contribution in [1.82, 2.24) is 4.57 Å². The lowest BCUT2D eigenvalue weighted by Gasteiger charge is -2.06. The Hall–Kier alpha value is -2.25. The number of esters is 1.